The van der Waals surface area contributed by atoms with Crippen molar-refractivity contribution in [3.8, 4) is 0 Å². The topological polar surface area (TPSA) is 42.7 Å². The van der Waals surface area contributed by atoms with E-state index >= 15 is 0 Å². The van der Waals surface area contributed by atoms with Gasteiger partial charge in [0.1, 0.15) is 12.2 Å². The van der Waals surface area contributed by atoms with Crippen LogP contribution in [0, 0.1) is 11.3 Å². The molecule has 1 atom stereocenters. The summed E-state index contributed by atoms with van der Waals surface area (Å²) in [6.45, 7) is 15.4. The Morgan fingerprint density at radius 2 is 2.00 bits per heavy atom. The average molecular weight is 266 g/mol. The van der Waals surface area contributed by atoms with E-state index in [-0.39, 0.29) is 5.41 Å². The molecule has 0 aliphatic rings. The lowest BCUT2D eigenvalue weighted by Crippen LogP contribution is -2.32. The Bertz CT molecular complexity index is 368. The van der Waals surface area contributed by atoms with Crippen molar-refractivity contribution in [1.29, 1.82) is 0 Å². The minimum absolute atomic E-state index is 0.239. The summed E-state index contributed by atoms with van der Waals surface area (Å²) >= 11 is 0. The molecular weight excluding hydrogens is 236 g/mol. The van der Waals surface area contributed by atoms with Crippen LogP contribution in [-0.2, 0) is 13.0 Å². The molecule has 1 N–H and O–H groups in total. The third-order valence-electron chi connectivity index (χ3n) is 3.28. The zero-order chi connectivity index (χ0) is 14.5. The summed E-state index contributed by atoms with van der Waals surface area (Å²) in [6.07, 6.45) is 3.81. The number of nitrogens with zero attached hydrogens (tertiary/aromatic N) is 3. The third-order valence-corrected chi connectivity index (χ3v) is 3.28. The smallest absolute Gasteiger partial charge is 0.138 e. The summed E-state index contributed by atoms with van der Waals surface area (Å²) in [6, 6.07) is 0.543. The molecule has 0 radical (unpaired) electrons. The zero-order valence-corrected chi connectivity index (χ0v) is 13.4. The van der Waals surface area contributed by atoms with Gasteiger partial charge in [0, 0.05) is 19.0 Å². The van der Waals surface area contributed by atoms with Gasteiger partial charge in [0.15, 0.2) is 0 Å². The Morgan fingerprint density at radius 1 is 1.32 bits per heavy atom. The van der Waals surface area contributed by atoms with Gasteiger partial charge in [0.2, 0.25) is 0 Å². The predicted octanol–water partition coefficient (Wildman–Crippen LogP) is 2.89. The Labute approximate surface area is 118 Å². The third kappa shape index (κ3) is 5.72. The van der Waals surface area contributed by atoms with Gasteiger partial charge in [-0.2, -0.15) is 5.10 Å². The lowest BCUT2D eigenvalue weighted by atomic mass is 9.82. The highest BCUT2D eigenvalue weighted by molar-refractivity contribution is 4.92. The van der Waals surface area contributed by atoms with Gasteiger partial charge in [0.25, 0.3) is 0 Å². The Hall–Kier alpha value is -0.900. The highest BCUT2D eigenvalue weighted by Crippen LogP contribution is 2.26. The van der Waals surface area contributed by atoms with Gasteiger partial charge in [-0.1, -0.05) is 34.6 Å². The maximum Gasteiger partial charge on any atom is 0.138 e. The molecule has 0 fully saturated rings. The fourth-order valence-electron chi connectivity index (χ4n) is 2.67. The van der Waals surface area contributed by atoms with E-state index in [1.54, 1.807) is 6.33 Å². The second-order valence-electron chi connectivity index (χ2n) is 6.76. The van der Waals surface area contributed by atoms with Gasteiger partial charge >= 0.3 is 0 Å². The van der Waals surface area contributed by atoms with E-state index in [0.717, 1.165) is 31.8 Å². The number of aromatic nitrogens is 3. The fourth-order valence-corrected chi connectivity index (χ4v) is 2.67. The van der Waals surface area contributed by atoms with Crippen LogP contribution < -0.4 is 5.32 Å². The van der Waals surface area contributed by atoms with E-state index in [2.05, 4.69) is 61.6 Å². The first-order valence-electron chi connectivity index (χ1n) is 7.44. The summed E-state index contributed by atoms with van der Waals surface area (Å²) in [4.78, 5) is 4.44. The standard InChI is InChI=1S/C15H30N4/c1-7-16-13(4)8-15(5,6)9-14-17-11-18-19(14)10-12(2)3/h11-13,16H,7-10H2,1-6H3. The molecule has 4 heteroatoms. The molecule has 4 nitrogen and oxygen atoms in total. The molecule has 1 heterocycles. The minimum Gasteiger partial charge on any atom is -0.315 e. The van der Waals surface area contributed by atoms with Gasteiger partial charge in [0.05, 0.1) is 0 Å². The summed E-state index contributed by atoms with van der Waals surface area (Å²) in [5.41, 5.74) is 0.239. The first-order chi connectivity index (χ1) is 8.84. The molecule has 0 aromatic carbocycles. The molecule has 0 aliphatic carbocycles. The largest absolute Gasteiger partial charge is 0.315 e. The fraction of sp³-hybridized carbons (Fsp3) is 0.867. The molecule has 0 bridgehead atoms. The number of hydrogen-bond donors (Lipinski definition) is 1. The maximum absolute atomic E-state index is 4.44. The van der Waals surface area contributed by atoms with Crippen LogP contribution in [0.25, 0.3) is 0 Å². The molecule has 0 spiro atoms. The van der Waals surface area contributed by atoms with E-state index in [1.165, 1.54) is 0 Å². The van der Waals surface area contributed by atoms with Crippen molar-refractivity contribution in [2.24, 2.45) is 11.3 Å². The van der Waals surface area contributed by atoms with Gasteiger partial charge in [-0.15, -0.1) is 0 Å². The summed E-state index contributed by atoms with van der Waals surface area (Å²) in [5.74, 6) is 1.71. The normalized spacial score (nSPS) is 14.1. The Balaban J connectivity index is 2.64. The molecule has 1 rings (SSSR count). The number of nitrogens with one attached hydrogen (secondary N) is 1. The van der Waals surface area contributed by atoms with E-state index in [1.807, 2.05) is 0 Å². The van der Waals surface area contributed by atoms with Crippen LogP contribution in [0.2, 0.25) is 0 Å². The van der Waals surface area contributed by atoms with Crippen molar-refractivity contribution in [2.45, 2.75) is 67.0 Å². The van der Waals surface area contributed by atoms with Crippen molar-refractivity contribution in [2.75, 3.05) is 6.54 Å². The van der Waals surface area contributed by atoms with Gasteiger partial charge < -0.3 is 5.32 Å². The lowest BCUT2D eigenvalue weighted by Gasteiger charge is -2.28. The van der Waals surface area contributed by atoms with Crippen molar-refractivity contribution >= 4 is 0 Å². The SMILES string of the molecule is CCNC(C)CC(C)(C)Cc1ncnn1CC(C)C. The summed E-state index contributed by atoms with van der Waals surface area (Å²) in [7, 11) is 0. The lowest BCUT2D eigenvalue weighted by molar-refractivity contribution is 0.276. The van der Waals surface area contributed by atoms with Crippen LogP contribution in [0.15, 0.2) is 6.33 Å². The second kappa shape index (κ2) is 7.04. The monoisotopic (exact) mass is 266 g/mol. The van der Waals surface area contributed by atoms with Crippen molar-refractivity contribution < 1.29 is 0 Å². The molecule has 110 valence electrons. The maximum atomic E-state index is 4.44. The highest BCUT2D eigenvalue weighted by atomic mass is 15.3. The molecular formula is C15H30N4. The Kier molecular flexibility index (Phi) is 5.98. The molecule has 1 aromatic rings. The quantitative estimate of drug-likeness (QED) is 0.786. The Morgan fingerprint density at radius 3 is 2.58 bits per heavy atom. The van der Waals surface area contributed by atoms with Crippen LogP contribution in [0.1, 0.15) is 53.8 Å². The minimum atomic E-state index is 0.239. The van der Waals surface area contributed by atoms with Crippen LogP contribution >= 0.6 is 0 Å². The number of hydrogen-bond acceptors (Lipinski definition) is 3. The molecule has 1 unspecified atom stereocenters. The molecule has 1 aromatic heterocycles. The van der Waals surface area contributed by atoms with E-state index < -0.39 is 0 Å². The average Bonchev–Trinajstić information content (AvgIpc) is 2.63. The van der Waals surface area contributed by atoms with Crippen molar-refractivity contribution in [3.63, 3.8) is 0 Å². The zero-order valence-electron chi connectivity index (χ0n) is 13.4. The van der Waals surface area contributed by atoms with Crippen LogP contribution in [-0.4, -0.2) is 27.4 Å². The summed E-state index contributed by atoms with van der Waals surface area (Å²) in [5, 5.41) is 7.83. The van der Waals surface area contributed by atoms with Crippen LogP contribution in [0.4, 0.5) is 0 Å². The molecule has 0 amide bonds. The van der Waals surface area contributed by atoms with E-state index in [0.29, 0.717) is 12.0 Å². The van der Waals surface area contributed by atoms with Gasteiger partial charge in [-0.3, -0.25) is 0 Å². The van der Waals surface area contributed by atoms with Crippen molar-refractivity contribution in [1.82, 2.24) is 20.1 Å². The van der Waals surface area contributed by atoms with Gasteiger partial charge in [-0.05, 0) is 31.2 Å². The molecule has 0 saturated heterocycles. The van der Waals surface area contributed by atoms with Gasteiger partial charge in [-0.25, -0.2) is 9.67 Å². The molecule has 0 saturated carbocycles. The van der Waals surface area contributed by atoms with E-state index in [9.17, 15) is 0 Å². The second-order valence-corrected chi connectivity index (χ2v) is 6.76. The van der Waals surface area contributed by atoms with Crippen LogP contribution in [0.3, 0.4) is 0 Å². The first kappa shape index (κ1) is 16.2. The predicted molar refractivity (Wildman–Crippen MR) is 80.1 cm³/mol. The number of rotatable bonds is 8. The highest BCUT2D eigenvalue weighted by Gasteiger charge is 2.24. The first-order valence-corrected chi connectivity index (χ1v) is 7.44. The molecule has 0 aliphatic heterocycles. The summed E-state index contributed by atoms with van der Waals surface area (Å²) < 4.78 is 2.06. The molecule has 19 heavy (non-hydrogen) atoms. The van der Waals surface area contributed by atoms with Crippen molar-refractivity contribution in [3.05, 3.63) is 12.2 Å². The van der Waals surface area contributed by atoms with Crippen LogP contribution in [0.5, 0.6) is 0 Å². The van der Waals surface area contributed by atoms with E-state index in [4.69, 9.17) is 0 Å².